The first-order valence-corrected chi connectivity index (χ1v) is 4.84. The highest BCUT2D eigenvalue weighted by molar-refractivity contribution is 9.10. The van der Waals surface area contributed by atoms with Crippen molar-refractivity contribution in [3.8, 4) is 0 Å². The predicted octanol–water partition coefficient (Wildman–Crippen LogP) is 1.85. The molecule has 0 aliphatic carbocycles. The van der Waals surface area contributed by atoms with Gasteiger partial charge in [-0.15, -0.1) is 0 Å². The Bertz CT molecular complexity index is 398. The summed E-state index contributed by atoms with van der Waals surface area (Å²) in [5, 5.41) is 8.74. The Balaban J connectivity index is 3.34. The third-order valence-electron chi connectivity index (χ3n) is 1.96. The van der Waals surface area contributed by atoms with Gasteiger partial charge in [-0.25, -0.2) is 8.78 Å². The van der Waals surface area contributed by atoms with E-state index in [1.54, 1.807) is 0 Å². The van der Waals surface area contributed by atoms with E-state index in [-0.39, 0.29) is 11.0 Å². The second-order valence-electron chi connectivity index (χ2n) is 2.88. The van der Waals surface area contributed by atoms with E-state index in [1.165, 1.54) is 6.07 Å². The molecule has 0 radical (unpaired) electrons. The summed E-state index contributed by atoms with van der Waals surface area (Å²) >= 11 is 2.85. The van der Waals surface area contributed by atoms with Crippen molar-refractivity contribution in [3.05, 3.63) is 33.8 Å². The monoisotopic (exact) mass is 279 g/mol. The van der Waals surface area contributed by atoms with Crippen LogP contribution in [0.1, 0.15) is 11.5 Å². The number of carboxylic acid groups (broad SMARTS) is 1. The van der Waals surface area contributed by atoms with Crippen molar-refractivity contribution < 1.29 is 18.7 Å². The molecular formula is C9H8BrF2NO2. The van der Waals surface area contributed by atoms with E-state index >= 15 is 0 Å². The van der Waals surface area contributed by atoms with Gasteiger partial charge in [0.15, 0.2) is 0 Å². The molecule has 0 aliphatic rings. The molecule has 1 unspecified atom stereocenters. The van der Waals surface area contributed by atoms with Crippen molar-refractivity contribution in [1.29, 1.82) is 0 Å². The summed E-state index contributed by atoms with van der Waals surface area (Å²) in [4.78, 5) is 10.7. The zero-order chi connectivity index (χ0) is 11.6. The van der Waals surface area contributed by atoms with E-state index in [1.807, 2.05) is 0 Å². The number of hydrogen-bond acceptors (Lipinski definition) is 2. The van der Waals surface area contributed by atoms with Gasteiger partial charge < -0.3 is 10.8 Å². The fourth-order valence-electron chi connectivity index (χ4n) is 1.20. The summed E-state index contributed by atoms with van der Waals surface area (Å²) in [6, 6.07) is 2.16. The average Bonchev–Trinajstić information content (AvgIpc) is 2.18. The number of nitrogens with two attached hydrogens (primary N) is 1. The van der Waals surface area contributed by atoms with Gasteiger partial charge in [-0.05, 0) is 28.1 Å². The van der Waals surface area contributed by atoms with Crippen LogP contribution in [0.3, 0.4) is 0 Å². The zero-order valence-electron chi connectivity index (χ0n) is 7.51. The molecule has 6 heteroatoms. The highest BCUT2D eigenvalue weighted by Crippen LogP contribution is 2.27. The molecule has 3 nitrogen and oxygen atoms in total. The van der Waals surface area contributed by atoms with Gasteiger partial charge in [-0.2, -0.15) is 0 Å². The van der Waals surface area contributed by atoms with Crippen LogP contribution in [0.2, 0.25) is 0 Å². The predicted molar refractivity (Wildman–Crippen MR) is 53.5 cm³/mol. The molecule has 0 amide bonds. The summed E-state index contributed by atoms with van der Waals surface area (Å²) < 4.78 is 26.7. The standard InChI is InChI=1S/C9H8BrF2NO2/c10-5-1-2-6(11)7(8(5)12)4(3-13)9(14)15/h1-2,4H,3,13H2,(H,14,15). The van der Waals surface area contributed by atoms with E-state index in [0.717, 1.165) is 6.07 Å². The van der Waals surface area contributed by atoms with Gasteiger partial charge in [0.25, 0.3) is 0 Å². The molecule has 1 rings (SSSR count). The largest absolute Gasteiger partial charge is 0.481 e. The van der Waals surface area contributed by atoms with Crippen LogP contribution in [0.15, 0.2) is 16.6 Å². The summed E-state index contributed by atoms with van der Waals surface area (Å²) in [5.41, 5.74) is 4.65. The van der Waals surface area contributed by atoms with Crippen molar-refractivity contribution in [1.82, 2.24) is 0 Å². The molecule has 0 fully saturated rings. The Morgan fingerprint density at radius 3 is 2.60 bits per heavy atom. The molecule has 15 heavy (non-hydrogen) atoms. The molecule has 0 spiro atoms. The van der Waals surface area contributed by atoms with Crippen LogP contribution >= 0.6 is 15.9 Å². The van der Waals surface area contributed by atoms with Gasteiger partial charge in [-0.3, -0.25) is 4.79 Å². The first kappa shape index (κ1) is 12.1. The number of carboxylic acids is 1. The minimum Gasteiger partial charge on any atom is -0.481 e. The van der Waals surface area contributed by atoms with Crippen LogP contribution < -0.4 is 5.73 Å². The summed E-state index contributed by atoms with van der Waals surface area (Å²) in [7, 11) is 0. The summed E-state index contributed by atoms with van der Waals surface area (Å²) in [6.07, 6.45) is 0. The minimum absolute atomic E-state index is 0.0126. The molecule has 0 saturated carbocycles. The lowest BCUT2D eigenvalue weighted by molar-refractivity contribution is -0.138. The van der Waals surface area contributed by atoms with Gasteiger partial charge in [0.1, 0.15) is 11.6 Å². The molecule has 1 aromatic rings. The van der Waals surface area contributed by atoms with Crippen LogP contribution in [0.4, 0.5) is 8.78 Å². The molecule has 3 N–H and O–H groups in total. The number of benzene rings is 1. The Labute approximate surface area is 93.0 Å². The fourth-order valence-corrected chi connectivity index (χ4v) is 1.55. The summed E-state index contributed by atoms with van der Waals surface area (Å²) in [5.74, 6) is -4.56. The molecule has 82 valence electrons. The van der Waals surface area contributed by atoms with Gasteiger partial charge in [0.05, 0.1) is 10.4 Å². The highest BCUT2D eigenvalue weighted by Gasteiger charge is 2.26. The zero-order valence-corrected chi connectivity index (χ0v) is 9.09. The Hall–Kier alpha value is -1.01. The smallest absolute Gasteiger partial charge is 0.312 e. The van der Waals surface area contributed by atoms with E-state index in [0.29, 0.717) is 0 Å². The topological polar surface area (TPSA) is 63.3 Å². The average molecular weight is 280 g/mol. The second kappa shape index (κ2) is 4.67. The SMILES string of the molecule is NCC(C(=O)O)c1c(F)ccc(Br)c1F. The maximum atomic E-state index is 13.5. The Morgan fingerprint density at radius 2 is 2.13 bits per heavy atom. The fraction of sp³-hybridized carbons (Fsp3) is 0.222. The van der Waals surface area contributed by atoms with Crippen LogP contribution in [-0.2, 0) is 4.79 Å². The number of aliphatic carboxylic acids is 1. The highest BCUT2D eigenvalue weighted by atomic mass is 79.9. The number of halogens is 3. The van der Waals surface area contributed by atoms with Crippen molar-refractivity contribution in [2.24, 2.45) is 5.73 Å². The Kier molecular flexibility index (Phi) is 3.76. The number of carbonyl (C=O) groups is 1. The van der Waals surface area contributed by atoms with Crippen LogP contribution in [0, 0.1) is 11.6 Å². The number of hydrogen-bond donors (Lipinski definition) is 2. The lowest BCUT2D eigenvalue weighted by atomic mass is 9.98. The van der Waals surface area contributed by atoms with Crippen molar-refractivity contribution >= 4 is 21.9 Å². The van der Waals surface area contributed by atoms with E-state index in [4.69, 9.17) is 10.8 Å². The third-order valence-corrected chi connectivity index (χ3v) is 2.57. The van der Waals surface area contributed by atoms with Gasteiger partial charge in [0.2, 0.25) is 0 Å². The molecule has 0 bridgehead atoms. The van der Waals surface area contributed by atoms with Gasteiger partial charge in [0, 0.05) is 12.1 Å². The lowest BCUT2D eigenvalue weighted by Gasteiger charge is -2.12. The molecule has 1 atom stereocenters. The molecule has 0 heterocycles. The maximum Gasteiger partial charge on any atom is 0.312 e. The van der Waals surface area contributed by atoms with Crippen LogP contribution in [0.25, 0.3) is 0 Å². The normalized spacial score (nSPS) is 12.5. The van der Waals surface area contributed by atoms with Crippen molar-refractivity contribution in [2.45, 2.75) is 5.92 Å². The van der Waals surface area contributed by atoms with Crippen molar-refractivity contribution in [3.63, 3.8) is 0 Å². The quantitative estimate of drug-likeness (QED) is 0.830. The maximum absolute atomic E-state index is 13.5. The van der Waals surface area contributed by atoms with Gasteiger partial charge in [-0.1, -0.05) is 0 Å². The van der Waals surface area contributed by atoms with Crippen LogP contribution in [-0.4, -0.2) is 17.6 Å². The molecular weight excluding hydrogens is 272 g/mol. The minimum atomic E-state index is -1.37. The summed E-state index contributed by atoms with van der Waals surface area (Å²) in [6.45, 7) is -0.361. The van der Waals surface area contributed by atoms with Gasteiger partial charge >= 0.3 is 5.97 Å². The third kappa shape index (κ3) is 2.32. The first-order chi connectivity index (χ1) is 6.99. The molecule has 0 saturated heterocycles. The molecule has 0 aromatic heterocycles. The van der Waals surface area contributed by atoms with E-state index in [2.05, 4.69) is 15.9 Å². The number of rotatable bonds is 3. The van der Waals surface area contributed by atoms with Crippen LogP contribution in [0.5, 0.6) is 0 Å². The van der Waals surface area contributed by atoms with E-state index < -0.39 is 29.1 Å². The van der Waals surface area contributed by atoms with E-state index in [9.17, 15) is 13.6 Å². The first-order valence-electron chi connectivity index (χ1n) is 4.05. The second-order valence-corrected chi connectivity index (χ2v) is 3.74. The lowest BCUT2D eigenvalue weighted by Crippen LogP contribution is -2.23. The Morgan fingerprint density at radius 1 is 1.53 bits per heavy atom. The van der Waals surface area contributed by atoms with Crippen molar-refractivity contribution in [2.75, 3.05) is 6.54 Å². The molecule has 1 aromatic carbocycles. The molecule has 0 aliphatic heterocycles.